The lowest BCUT2D eigenvalue weighted by Crippen LogP contribution is -2.64. The summed E-state index contributed by atoms with van der Waals surface area (Å²) in [5.74, 6) is 0.883. The molecule has 4 aliphatic carbocycles. The highest BCUT2D eigenvalue weighted by Crippen LogP contribution is 2.62. The Morgan fingerprint density at radius 1 is 1.26 bits per heavy atom. The Morgan fingerprint density at radius 3 is 2.55 bits per heavy atom. The number of carbonyl (C=O) groups excluding carboxylic acids is 1. The second-order valence-electron chi connectivity index (χ2n) is 11.0. The summed E-state index contributed by atoms with van der Waals surface area (Å²) in [7, 11) is 2.06. The van der Waals surface area contributed by atoms with Crippen molar-refractivity contribution >= 4 is 5.91 Å². The number of carbonyl (C=O) groups is 1. The zero-order valence-electron chi connectivity index (χ0n) is 18.4. The van der Waals surface area contributed by atoms with Crippen LogP contribution >= 0.6 is 0 Å². The normalized spacial score (nSPS) is 39.6. The smallest absolute Gasteiger partial charge is 0.241 e. The van der Waals surface area contributed by atoms with Crippen LogP contribution in [0, 0.1) is 28.6 Å². The summed E-state index contributed by atoms with van der Waals surface area (Å²) >= 11 is 0. The molecule has 1 aromatic carbocycles. The Balaban J connectivity index is 1.30. The fourth-order valence-corrected chi connectivity index (χ4v) is 7.59. The molecule has 3 N–H and O–H groups in total. The van der Waals surface area contributed by atoms with Crippen LogP contribution in [-0.4, -0.2) is 58.1 Å². The Kier molecular flexibility index (Phi) is 5.12. The molecule has 6 heteroatoms. The average molecular weight is 423 g/mol. The minimum absolute atomic E-state index is 0.0901. The van der Waals surface area contributed by atoms with E-state index >= 15 is 0 Å². The van der Waals surface area contributed by atoms with Gasteiger partial charge >= 0.3 is 0 Å². The minimum Gasteiger partial charge on any atom is -0.390 e. The Hall–Kier alpha value is -1.94. The van der Waals surface area contributed by atoms with E-state index in [2.05, 4.69) is 30.1 Å². The van der Waals surface area contributed by atoms with Gasteiger partial charge in [0.2, 0.25) is 5.91 Å². The predicted molar refractivity (Wildman–Crippen MR) is 117 cm³/mol. The van der Waals surface area contributed by atoms with E-state index in [1.807, 2.05) is 18.2 Å². The first kappa shape index (κ1) is 20.9. The molecule has 5 aliphatic rings. The van der Waals surface area contributed by atoms with E-state index in [1.54, 1.807) is 4.90 Å². The molecule has 5 atom stereocenters. The molecule has 4 bridgehead atoms. The van der Waals surface area contributed by atoms with Crippen LogP contribution in [0.25, 0.3) is 0 Å². The first-order valence-corrected chi connectivity index (χ1v) is 11.7. The third-order valence-electron chi connectivity index (χ3n) is 8.61. The molecule has 0 radical (unpaired) electrons. The van der Waals surface area contributed by atoms with Crippen molar-refractivity contribution in [2.45, 2.75) is 75.2 Å². The highest BCUT2D eigenvalue weighted by molar-refractivity contribution is 5.83. The van der Waals surface area contributed by atoms with Crippen molar-refractivity contribution in [3.8, 4) is 6.07 Å². The quantitative estimate of drug-likeness (QED) is 0.759. The molecule has 166 valence electrons. The van der Waals surface area contributed by atoms with Crippen molar-refractivity contribution in [3.63, 3.8) is 0 Å². The molecule has 1 saturated heterocycles. The summed E-state index contributed by atoms with van der Waals surface area (Å²) in [5, 5.41) is 20.9. The third-order valence-corrected chi connectivity index (χ3v) is 8.61. The fraction of sp³-hybridized carbons (Fsp3) is 0.680. The van der Waals surface area contributed by atoms with Crippen LogP contribution in [-0.2, 0) is 11.3 Å². The first-order valence-electron chi connectivity index (χ1n) is 11.7. The zero-order valence-corrected chi connectivity index (χ0v) is 18.4. The maximum Gasteiger partial charge on any atom is 0.241 e. The molecule has 4 saturated carbocycles. The van der Waals surface area contributed by atoms with E-state index in [0.29, 0.717) is 31.2 Å². The molecule has 1 aliphatic heterocycles. The van der Waals surface area contributed by atoms with Crippen LogP contribution in [0.5, 0.6) is 0 Å². The van der Waals surface area contributed by atoms with Gasteiger partial charge in [0.15, 0.2) is 0 Å². The van der Waals surface area contributed by atoms with Crippen molar-refractivity contribution < 1.29 is 9.90 Å². The van der Waals surface area contributed by atoms with Crippen LogP contribution < -0.4 is 5.73 Å². The van der Waals surface area contributed by atoms with Crippen LogP contribution in [0.1, 0.15) is 50.5 Å². The molecular weight excluding hydrogens is 388 g/mol. The number of nitriles is 1. The van der Waals surface area contributed by atoms with E-state index in [0.717, 1.165) is 32.2 Å². The SMILES string of the molecule is CN(Cc1ccccc1)[C@H]1C[C@@H](C#N)N(C(=O)[C@@H](N)C23CC4CC(CC(O)(C4)C2)C3)C1. The van der Waals surface area contributed by atoms with E-state index < -0.39 is 17.7 Å². The van der Waals surface area contributed by atoms with Gasteiger partial charge in [-0.05, 0) is 74.8 Å². The molecule has 1 heterocycles. The summed E-state index contributed by atoms with van der Waals surface area (Å²) < 4.78 is 0. The lowest BCUT2D eigenvalue weighted by atomic mass is 9.46. The third kappa shape index (κ3) is 3.67. The number of rotatable bonds is 5. The maximum absolute atomic E-state index is 13.6. The van der Waals surface area contributed by atoms with Gasteiger partial charge in [-0.15, -0.1) is 0 Å². The zero-order chi connectivity index (χ0) is 21.8. The van der Waals surface area contributed by atoms with Crippen LogP contribution in [0.2, 0.25) is 0 Å². The van der Waals surface area contributed by atoms with Gasteiger partial charge in [0.05, 0.1) is 17.7 Å². The molecule has 5 fully saturated rings. The highest BCUT2D eigenvalue weighted by atomic mass is 16.3. The summed E-state index contributed by atoms with van der Waals surface area (Å²) in [6.07, 6.45) is 6.08. The molecule has 6 nitrogen and oxygen atoms in total. The standard InChI is InChI=1S/C25H34N4O2/c1-28(14-17-5-3-2-4-6-17)21-8-20(13-26)29(15-21)23(30)22(27)24-9-18-7-19(10-24)12-25(31,11-18)16-24/h2-6,18-22,31H,7-12,14-16,27H2,1H3/t18?,19?,20-,21-,22+,24?,25?/m0/s1. The van der Waals surface area contributed by atoms with E-state index in [1.165, 1.54) is 12.0 Å². The van der Waals surface area contributed by atoms with Gasteiger partial charge in [-0.1, -0.05) is 30.3 Å². The highest BCUT2D eigenvalue weighted by Gasteiger charge is 2.61. The first-order chi connectivity index (χ1) is 14.8. The minimum atomic E-state index is -0.639. The Morgan fingerprint density at radius 2 is 1.94 bits per heavy atom. The number of likely N-dealkylation sites (tertiary alicyclic amines) is 1. The second kappa shape index (κ2) is 7.58. The van der Waals surface area contributed by atoms with Crippen molar-refractivity contribution in [3.05, 3.63) is 35.9 Å². The van der Waals surface area contributed by atoms with Gasteiger partial charge in [-0.3, -0.25) is 9.69 Å². The maximum atomic E-state index is 13.6. The number of benzene rings is 1. The molecule has 6 rings (SSSR count). The van der Waals surface area contributed by atoms with Gasteiger partial charge < -0.3 is 15.7 Å². The van der Waals surface area contributed by atoms with Gasteiger partial charge in [-0.2, -0.15) is 5.26 Å². The van der Waals surface area contributed by atoms with Crippen LogP contribution in [0.4, 0.5) is 0 Å². The lowest BCUT2D eigenvalue weighted by molar-refractivity contribution is -0.177. The number of hydrogen-bond acceptors (Lipinski definition) is 5. The molecular formula is C25H34N4O2. The summed E-state index contributed by atoms with van der Waals surface area (Å²) in [5.41, 5.74) is 6.98. The predicted octanol–water partition coefficient (Wildman–Crippen LogP) is 2.27. The number of nitrogens with zero attached hydrogens (tertiary/aromatic N) is 3. The van der Waals surface area contributed by atoms with Crippen LogP contribution in [0.15, 0.2) is 30.3 Å². The van der Waals surface area contributed by atoms with Crippen molar-refractivity contribution in [1.29, 1.82) is 5.26 Å². The lowest BCUT2D eigenvalue weighted by Gasteiger charge is -2.61. The topological polar surface area (TPSA) is 93.6 Å². The Bertz CT molecular complexity index is 867. The molecule has 1 amide bonds. The average Bonchev–Trinajstić information content (AvgIpc) is 3.16. The van der Waals surface area contributed by atoms with Crippen LogP contribution in [0.3, 0.4) is 0 Å². The number of hydrogen-bond donors (Lipinski definition) is 2. The molecule has 1 aromatic rings. The largest absolute Gasteiger partial charge is 0.390 e. The number of aliphatic hydroxyl groups is 1. The summed E-state index contributed by atoms with van der Waals surface area (Å²) in [6.45, 7) is 1.33. The summed E-state index contributed by atoms with van der Waals surface area (Å²) in [4.78, 5) is 17.6. The molecule has 0 aromatic heterocycles. The molecule has 0 spiro atoms. The number of nitrogens with two attached hydrogens (primary N) is 1. The van der Waals surface area contributed by atoms with Crippen molar-refractivity contribution in [2.24, 2.45) is 23.0 Å². The Labute approximate surface area is 185 Å². The summed E-state index contributed by atoms with van der Waals surface area (Å²) in [6, 6.07) is 11.7. The number of amides is 1. The van der Waals surface area contributed by atoms with Gasteiger partial charge in [0, 0.05) is 19.1 Å². The second-order valence-corrected chi connectivity index (χ2v) is 11.0. The molecule has 31 heavy (non-hydrogen) atoms. The van der Waals surface area contributed by atoms with Gasteiger partial charge in [0.25, 0.3) is 0 Å². The van der Waals surface area contributed by atoms with E-state index in [4.69, 9.17) is 5.73 Å². The molecule has 2 unspecified atom stereocenters. The van der Waals surface area contributed by atoms with Crippen molar-refractivity contribution in [1.82, 2.24) is 9.80 Å². The van der Waals surface area contributed by atoms with Gasteiger partial charge in [0.1, 0.15) is 6.04 Å². The monoisotopic (exact) mass is 422 g/mol. The van der Waals surface area contributed by atoms with Crippen molar-refractivity contribution in [2.75, 3.05) is 13.6 Å². The number of likely N-dealkylation sites (N-methyl/N-ethyl adjacent to an activating group) is 1. The van der Waals surface area contributed by atoms with Gasteiger partial charge in [-0.25, -0.2) is 0 Å². The van der Waals surface area contributed by atoms with E-state index in [-0.39, 0.29) is 17.4 Å². The fourth-order valence-electron chi connectivity index (χ4n) is 7.59. The van der Waals surface area contributed by atoms with E-state index in [9.17, 15) is 15.2 Å².